The van der Waals surface area contributed by atoms with Gasteiger partial charge in [-0.1, -0.05) is 12.1 Å². The van der Waals surface area contributed by atoms with Crippen molar-refractivity contribution in [2.75, 3.05) is 37.9 Å². The molecule has 10 heteroatoms. The number of anilines is 2. The van der Waals surface area contributed by atoms with Crippen LogP contribution in [0.1, 0.15) is 98.4 Å². The number of carbonyl (C=O) groups excluding carboxylic acids is 1. The lowest BCUT2D eigenvalue weighted by Crippen LogP contribution is -2.55. The zero-order valence-electron chi connectivity index (χ0n) is 28.8. The molecule has 4 aliphatic carbocycles. The molecule has 3 heterocycles. The van der Waals surface area contributed by atoms with Gasteiger partial charge < -0.3 is 34.6 Å². The average molecular weight is 644 g/mol. The van der Waals surface area contributed by atoms with Crippen LogP contribution in [0.4, 0.5) is 11.6 Å². The van der Waals surface area contributed by atoms with Crippen LogP contribution in [0.15, 0.2) is 28.7 Å². The van der Waals surface area contributed by atoms with Gasteiger partial charge in [0.1, 0.15) is 5.76 Å². The van der Waals surface area contributed by atoms with E-state index in [0.29, 0.717) is 30.7 Å². The molecule has 8 rings (SSSR count). The van der Waals surface area contributed by atoms with Gasteiger partial charge in [0, 0.05) is 25.6 Å². The van der Waals surface area contributed by atoms with Crippen LogP contribution in [0.5, 0.6) is 11.8 Å². The lowest BCUT2D eigenvalue weighted by Gasteiger charge is -2.54. The number of aromatic nitrogens is 2. The maximum Gasteiger partial charge on any atom is 0.291 e. The average Bonchev–Trinajstić information content (AvgIpc) is 3.55. The quantitative estimate of drug-likeness (QED) is 0.200. The van der Waals surface area contributed by atoms with E-state index in [0.717, 1.165) is 41.3 Å². The molecular formula is C37H49N5O5. The second-order valence-corrected chi connectivity index (χ2v) is 15.1. The normalized spacial score (nSPS) is 26.2. The highest BCUT2D eigenvalue weighted by molar-refractivity contribution is 6.03. The summed E-state index contributed by atoms with van der Waals surface area (Å²) in [6.45, 7) is 12.0. The van der Waals surface area contributed by atoms with Crippen molar-refractivity contribution in [2.24, 2.45) is 23.7 Å². The van der Waals surface area contributed by atoms with Crippen molar-refractivity contribution >= 4 is 17.5 Å². The fourth-order valence-corrected chi connectivity index (χ4v) is 9.22. The summed E-state index contributed by atoms with van der Waals surface area (Å²) in [6, 6.07) is 8.56. The van der Waals surface area contributed by atoms with Crippen LogP contribution in [-0.4, -0.2) is 49.2 Å². The van der Waals surface area contributed by atoms with Gasteiger partial charge in [-0.3, -0.25) is 4.79 Å². The number of carbonyl (C=O) groups is 1. The molecule has 1 aliphatic heterocycles. The molecule has 4 saturated carbocycles. The van der Waals surface area contributed by atoms with Crippen LogP contribution < -0.4 is 25.4 Å². The van der Waals surface area contributed by atoms with Crippen molar-refractivity contribution in [3.05, 3.63) is 58.0 Å². The first-order valence-corrected chi connectivity index (χ1v) is 17.2. The Bertz CT molecular complexity index is 1610. The lowest BCUT2D eigenvalue weighted by atomic mass is 9.54. The number of amides is 1. The van der Waals surface area contributed by atoms with E-state index in [-0.39, 0.29) is 34.4 Å². The van der Waals surface area contributed by atoms with E-state index in [1.165, 1.54) is 57.5 Å². The molecule has 47 heavy (non-hydrogen) atoms. The lowest BCUT2D eigenvalue weighted by molar-refractivity contribution is -0.105. The maximum atomic E-state index is 13.3. The largest absolute Gasteiger partial charge is 0.479 e. The molecule has 3 aromatic rings. The number of ether oxygens (including phenoxy) is 3. The molecule has 0 radical (unpaired) electrons. The highest BCUT2D eigenvalue weighted by Crippen LogP contribution is 2.53. The molecule has 4 fully saturated rings. The minimum absolute atomic E-state index is 0.172. The molecule has 2 aromatic heterocycles. The van der Waals surface area contributed by atoms with Gasteiger partial charge in [0.15, 0.2) is 11.4 Å². The number of aryl methyl sites for hydroxylation is 1. The van der Waals surface area contributed by atoms with Crippen molar-refractivity contribution in [3.8, 4) is 11.8 Å². The van der Waals surface area contributed by atoms with Crippen LogP contribution in [0, 0.1) is 30.6 Å². The van der Waals surface area contributed by atoms with Crippen molar-refractivity contribution in [1.82, 2.24) is 15.3 Å². The van der Waals surface area contributed by atoms with Crippen molar-refractivity contribution in [1.29, 1.82) is 0 Å². The molecule has 0 saturated heterocycles. The van der Waals surface area contributed by atoms with E-state index in [2.05, 4.69) is 72.7 Å². The number of hydrogen-bond donors (Lipinski definition) is 3. The Balaban J connectivity index is 0.986. The summed E-state index contributed by atoms with van der Waals surface area (Å²) in [4.78, 5) is 22.4. The van der Waals surface area contributed by atoms with Crippen molar-refractivity contribution < 1.29 is 23.4 Å². The second-order valence-electron chi connectivity index (χ2n) is 15.1. The Morgan fingerprint density at radius 3 is 2.13 bits per heavy atom. The van der Waals surface area contributed by atoms with Crippen LogP contribution in [0.25, 0.3) is 0 Å². The molecule has 3 N–H and O–H groups in total. The first-order valence-electron chi connectivity index (χ1n) is 17.2. The third kappa shape index (κ3) is 6.10. The number of fused-ring (bicyclic) bond motifs is 1. The molecule has 0 unspecified atom stereocenters. The molecule has 5 aliphatic rings. The fourth-order valence-electron chi connectivity index (χ4n) is 9.22. The van der Waals surface area contributed by atoms with Crippen LogP contribution in [0.3, 0.4) is 0 Å². The maximum absolute atomic E-state index is 13.3. The number of methoxy groups -OCH3 is 2. The molecule has 0 atom stereocenters. The number of nitrogens with one attached hydrogen (secondary N) is 3. The molecular weight excluding hydrogens is 594 g/mol. The third-order valence-corrected chi connectivity index (χ3v) is 11.0. The van der Waals surface area contributed by atoms with E-state index in [1.54, 1.807) is 6.07 Å². The summed E-state index contributed by atoms with van der Waals surface area (Å²) in [6.07, 6.45) is 7.58. The number of rotatable bonds is 11. The first-order chi connectivity index (χ1) is 22.4. The van der Waals surface area contributed by atoms with Gasteiger partial charge in [0.05, 0.1) is 25.4 Å². The van der Waals surface area contributed by atoms with Gasteiger partial charge in [-0.05, 0) is 125 Å². The van der Waals surface area contributed by atoms with Crippen molar-refractivity contribution in [2.45, 2.75) is 90.4 Å². The zero-order chi connectivity index (χ0) is 33.1. The Morgan fingerprint density at radius 1 is 0.894 bits per heavy atom. The monoisotopic (exact) mass is 643 g/mol. The van der Waals surface area contributed by atoms with Gasteiger partial charge >= 0.3 is 0 Å². The van der Waals surface area contributed by atoms with Gasteiger partial charge in [0.2, 0.25) is 17.7 Å². The summed E-state index contributed by atoms with van der Waals surface area (Å²) < 4.78 is 23.5. The van der Waals surface area contributed by atoms with Crippen LogP contribution >= 0.6 is 0 Å². The molecule has 252 valence electrons. The Kier molecular flexibility index (Phi) is 8.23. The van der Waals surface area contributed by atoms with Crippen LogP contribution in [-0.2, 0) is 22.4 Å². The number of benzene rings is 1. The smallest absolute Gasteiger partial charge is 0.291 e. The van der Waals surface area contributed by atoms with Gasteiger partial charge in [-0.25, -0.2) is 0 Å². The van der Waals surface area contributed by atoms with E-state index in [9.17, 15) is 4.79 Å². The van der Waals surface area contributed by atoms with Gasteiger partial charge in [-0.2, -0.15) is 9.97 Å². The molecule has 1 amide bonds. The number of nitrogens with zero attached hydrogens (tertiary/aromatic N) is 2. The minimum atomic E-state index is -0.445. The molecule has 10 nitrogen and oxygen atoms in total. The molecule has 1 aromatic carbocycles. The minimum Gasteiger partial charge on any atom is -0.479 e. The van der Waals surface area contributed by atoms with E-state index >= 15 is 0 Å². The SMILES string of the molecule is COc1nc(NCCNC2C3CC4CC(C3)CC2C4)nc(OC)c1NC(=O)c1ccc(Cc2cc3c(cc2C)C(C)(C)OC3(C)C)o1. The summed E-state index contributed by atoms with van der Waals surface area (Å²) in [5, 5.41) is 9.98. The molecule has 0 spiro atoms. The third-order valence-electron chi connectivity index (χ3n) is 11.0. The summed E-state index contributed by atoms with van der Waals surface area (Å²) >= 11 is 0. The predicted octanol–water partition coefficient (Wildman–Crippen LogP) is 6.56. The fraction of sp³-hybridized carbons (Fsp3) is 0.595. The van der Waals surface area contributed by atoms with E-state index in [1.807, 2.05) is 6.07 Å². The first kappa shape index (κ1) is 31.9. The predicted molar refractivity (Wildman–Crippen MR) is 180 cm³/mol. The van der Waals surface area contributed by atoms with Gasteiger partial charge in [0.25, 0.3) is 5.91 Å². The summed E-state index contributed by atoms with van der Waals surface area (Å²) in [5.41, 5.74) is 4.20. The van der Waals surface area contributed by atoms with Crippen molar-refractivity contribution in [3.63, 3.8) is 0 Å². The number of furan rings is 1. The Labute approximate surface area is 277 Å². The van der Waals surface area contributed by atoms with Gasteiger partial charge in [-0.15, -0.1) is 0 Å². The summed E-state index contributed by atoms with van der Waals surface area (Å²) in [5.74, 6) is 4.79. The van der Waals surface area contributed by atoms with E-state index in [4.69, 9.17) is 18.6 Å². The second kappa shape index (κ2) is 12.1. The topological polar surface area (TPSA) is 120 Å². The van der Waals surface area contributed by atoms with Crippen LogP contribution in [0.2, 0.25) is 0 Å². The summed E-state index contributed by atoms with van der Waals surface area (Å²) in [7, 11) is 3.01. The highest BCUT2D eigenvalue weighted by atomic mass is 16.5. The zero-order valence-corrected chi connectivity index (χ0v) is 28.8. The highest BCUT2D eigenvalue weighted by Gasteiger charge is 2.48. The Hall–Kier alpha value is -3.63. The Morgan fingerprint density at radius 2 is 1.51 bits per heavy atom. The standard InChI is InChI=1S/C37H49N5O5/c1-20-12-27-28(37(4,5)47-36(27,2)3)19-23(20)18-26-8-9-29(46-26)32(43)40-31-33(44-6)41-35(42-34(31)45-7)39-11-10-38-30-24-14-21-13-22(16-24)17-25(30)15-21/h8-9,12,19,21-22,24-25,30,38H,10-11,13-18H2,1-7H3,(H,40,43)(H,39,41,42). The molecule has 4 bridgehead atoms. The number of hydrogen-bond acceptors (Lipinski definition) is 9. The van der Waals surface area contributed by atoms with E-state index < -0.39 is 5.91 Å².